The van der Waals surface area contributed by atoms with Crippen molar-refractivity contribution in [3.8, 4) is 61.6 Å². The van der Waals surface area contributed by atoms with Gasteiger partial charge in [0.2, 0.25) is 0 Å². The monoisotopic (exact) mass is 1360 g/mol. The van der Waals surface area contributed by atoms with Crippen LogP contribution in [0.1, 0.15) is 25.0 Å². The van der Waals surface area contributed by atoms with Gasteiger partial charge in [-0.05, 0) is 179 Å². The SMILES string of the molecule is CC1(C)c2ccccc2-c2ccc(-n3c4ccc(-c5cccc(-c6ccccc6)c5)cc4c4c5ccccc5c5c6ccccc6sc5c43)cc21.c1ccc(-n2c3ccccc3c3cc(-n4c5ccc(-c6cccc7ccccc67)cc5c5c6ccccc6c6c7ccccc7sc6c54)ccc32)cc1. The van der Waals surface area contributed by atoms with E-state index in [9.17, 15) is 0 Å². The molecule has 0 unspecified atom stereocenters. The molecule has 0 N–H and O–H groups in total. The molecule has 1 aliphatic carbocycles. The van der Waals surface area contributed by atoms with Gasteiger partial charge in [-0.15, -0.1) is 22.7 Å². The van der Waals surface area contributed by atoms with E-state index in [1.165, 1.54) is 211 Å². The summed E-state index contributed by atoms with van der Waals surface area (Å²) < 4.78 is 12.8. The summed E-state index contributed by atoms with van der Waals surface area (Å²) in [4.78, 5) is 0. The molecule has 5 heterocycles. The molecule has 486 valence electrons. The molecule has 5 aromatic heterocycles. The number of benzene rings is 17. The highest BCUT2D eigenvalue weighted by atomic mass is 32.1. The van der Waals surface area contributed by atoms with Gasteiger partial charge >= 0.3 is 0 Å². The Balaban J connectivity index is 0.000000131. The van der Waals surface area contributed by atoms with Crippen LogP contribution < -0.4 is 0 Å². The molecule has 0 spiro atoms. The van der Waals surface area contributed by atoms with Crippen molar-refractivity contribution in [1.82, 2.24) is 13.7 Å². The molecular weight excluding hydrogens is 1300 g/mol. The molecule has 0 saturated carbocycles. The molecule has 23 rings (SSSR count). The van der Waals surface area contributed by atoms with Crippen LogP contribution in [0.2, 0.25) is 0 Å². The van der Waals surface area contributed by atoms with Crippen LogP contribution >= 0.6 is 22.7 Å². The Bertz CT molecular complexity index is 7370. The van der Waals surface area contributed by atoms with Crippen LogP contribution in [0, 0.1) is 0 Å². The van der Waals surface area contributed by atoms with Gasteiger partial charge in [-0.2, -0.15) is 0 Å². The molecule has 1 aliphatic rings. The van der Waals surface area contributed by atoms with Gasteiger partial charge in [0, 0.05) is 85.7 Å². The minimum absolute atomic E-state index is 0.0860. The predicted octanol–water partition coefficient (Wildman–Crippen LogP) is 28.2. The van der Waals surface area contributed by atoms with E-state index in [1.807, 2.05) is 22.7 Å². The second-order valence-corrected chi connectivity index (χ2v) is 30.6. The summed E-state index contributed by atoms with van der Waals surface area (Å²) in [6.45, 7) is 4.75. The van der Waals surface area contributed by atoms with Crippen LogP contribution in [0.3, 0.4) is 0 Å². The van der Waals surface area contributed by atoms with Gasteiger partial charge in [-0.3, -0.25) is 0 Å². The molecule has 5 heteroatoms. The average Bonchev–Trinajstić information content (AvgIpc) is 1.53. The Hall–Kier alpha value is -12.6. The van der Waals surface area contributed by atoms with Crippen molar-refractivity contribution in [3.63, 3.8) is 0 Å². The average molecular weight is 1360 g/mol. The summed E-state index contributed by atoms with van der Waals surface area (Å²) in [6.07, 6.45) is 0. The number of fused-ring (bicyclic) bond motifs is 27. The van der Waals surface area contributed by atoms with Crippen molar-refractivity contribution >= 4 is 161 Å². The number of hydrogen-bond donors (Lipinski definition) is 0. The summed E-state index contributed by atoms with van der Waals surface area (Å²) in [5.74, 6) is 0. The zero-order valence-corrected chi connectivity index (χ0v) is 58.7. The Kier molecular flexibility index (Phi) is 12.9. The first kappa shape index (κ1) is 59.1. The summed E-state index contributed by atoms with van der Waals surface area (Å²) >= 11 is 3.84. The number of thiophene rings is 2. The van der Waals surface area contributed by atoms with Gasteiger partial charge in [0.1, 0.15) is 0 Å². The van der Waals surface area contributed by atoms with Crippen molar-refractivity contribution in [2.45, 2.75) is 19.3 Å². The van der Waals surface area contributed by atoms with Gasteiger partial charge in [0.25, 0.3) is 0 Å². The molecule has 0 bridgehead atoms. The first-order valence-corrected chi connectivity index (χ1v) is 37.6. The lowest BCUT2D eigenvalue weighted by Gasteiger charge is -2.22. The van der Waals surface area contributed by atoms with E-state index < -0.39 is 0 Å². The van der Waals surface area contributed by atoms with E-state index >= 15 is 0 Å². The quantitative estimate of drug-likeness (QED) is 0.158. The number of para-hydroxylation sites is 2. The van der Waals surface area contributed by atoms with E-state index in [1.54, 1.807) is 0 Å². The zero-order chi connectivity index (χ0) is 68.5. The molecule has 3 nitrogen and oxygen atoms in total. The molecule has 0 saturated heterocycles. The van der Waals surface area contributed by atoms with E-state index in [0.29, 0.717) is 0 Å². The normalized spacial score (nSPS) is 12.8. The van der Waals surface area contributed by atoms with Crippen LogP contribution in [0.25, 0.3) is 200 Å². The van der Waals surface area contributed by atoms with Gasteiger partial charge < -0.3 is 13.7 Å². The third-order valence-electron chi connectivity index (χ3n) is 22.6. The second kappa shape index (κ2) is 22.7. The topological polar surface area (TPSA) is 14.8 Å². The minimum Gasteiger partial charge on any atom is -0.309 e. The zero-order valence-electron chi connectivity index (χ0n) is 57.1. The highest BCUT2D eigenvalue weighted by Crippen LogP contribution is 2.54. The maximum Gasteiger partial charge on any atom is 0.0726 e. The summed E-state index contributed by atoms with van der Waals surface area (Å²) in [7, 11) is 0. The summed E-state index contributed by atoms with van der Waals surface area (Å²) in [5, 5.41) is 20.8. The number of rotatable bonds is 6. The minimum atomic E-state index is -0.0860. The molecule has 0 aliphatic heterocycles. The van der Waals surface area contributed by atoms with Crippen LogP contribution in [0.4, 0.5) is 0 Å². The highest BCUT2D eigenvalue weighted by molar-refractivity contribution is 7.27. The van der Waals surface area contributed by atoms with Crippen molar-refractivity contribution in [3.05, 3.63) is 357 Å². The Morgan fingerprint density at radius 1 is 0.231 bits per heavy atom. The maximum atomic E-state index is 2.57. The van der Waals surface area contributed by atoms with Crippen molar-refractivity contribution < 1.29 is 0 Å². The Morgan fingerprint density at radius 3 is 1.34 bits per heavy atom. The first-order valence-electron chi connectivity index (χ1n) is 36.0. The van der Waals surface area contributed by atoms with Gasteiger partial charge in [0.05, 0.1) is 42.5 Å². The third kappa shape index (κ3) is 8.63. The summed E-state index contributed by atoms with van der Waals surface area (Å²) in [5.41, 5.74) is 23.8. The first-order chi connectivity index (χ1) is 51.4. The molecule has 0 radical (unpaired) electrons. The lowest BCUT2D eigenvalue weighted by atomic mass is 9.82. The standard InChI is InChI=1S/C50H30N2S.C49H33NS/c1-2-15-33(16-3-1)51-43-23-10-8-18-37(43)41-30-34(26-28-44(41)51)52-45-27-25-32(36-22-12-14-31-13-4-5-17-35(31)36)29-42(45)47-38-19-6-7-20-39(38)48-40-21-9-11-24-46(40)53-50(48)49(47)52;1-49(2)41-21-10-8-17-35(41)36-25-24-34(29-42(36)49)50-43-26-23-33(32-16-12-15-31(27-32)30-13-4-3-5-14-30)28-40(43)45-37-18-6-7-19-38(37)46-39-20-9-11-22-44(39)51-48(46)47(45)50/h1-30H;3-29H,1-2H3. The number of nitrogens with zero attached hydrogens (tertiary/aromatic N) is 3. The Morgan fingerprint density at radius 2 is 0.663 bits per heavy atom. The van der Waals surface area contributed by atoms with Gasteiger partial charge in [-0.1, -0.05) is 269 Å². The molecular formula is C99H63N3S2. The van der Waals surface area contributed by atoms with Crippen LogP contribution in [-0.4, -0.2) is 13.7 Å². The van der Waals surface area contributed by atoms with Gasteiger partial charge in [-0.25, -0.2) is 0 Å². The molecule has 0 atom stereocenters. The predicted molar refractivity (Wildman–Crippen MR) is 448 cm³/mol. The molecule has 104 heavy (non-hydrogen) atoms. The van der Waals surface area contributed by atoms with E-state index in [-0.39, 0.29) is 5.41 Å². The molecule has 17 aromatic carbocycles. The summed E-state index contributed by atoms with van der Waals surface area (Å²) in [6, 6.07) is 128. The molecule has 22 aromatic rings. The van der Waals surface area contributed by atoms with Crippen LogP contribution in [0.15, 0.2) is 346 Å². The van der Waals surface area contributed by atoms with E-state index in [2.05, 4.69) is 373 Å². The fourth-order valence-electron chi connectivity index (χ4n) is 18.0. The molecule has 0 amide bonds. The largest absolute Gasteiger partial charge is 0.309 e. The lowest BCUT2D eigenvalue weighted by molar-refractivity contribution is 0.660. The third-order valence-corrected chi connectivity index (χ3v) is 25.0. The number of hydrogen-bond acceptors (Lipinski definition) is 2. The van der Waals surface area contributed by atoms with E-state index in [4.69, 9.17) is 0 Å². The lowest BCUT2D eigenvalue weighted by Crippen LogP contribution is -2.15. The highest BCUT2D eigenvalue weighted by Gasteiger charge is 2.36. The van der Waals surface area contributed by atoms with Crippen molar-refractivity contribution in [2.24, 2.45) is 0 Å². The number of aromatic nitrogens is 3. The second-order valence-electron chi connectivity index (χ2n) is 28.5. The van der Waals surface area contributed by atoms with Crippen molar-refractivity contribution in [1.29, 1.82) is 0 Å². The van der Waals surface area contributed by atoms with Crippen LogP contribution in [-0.2, 0) is 5.41 Å². The fourth-order valence-corrected chi connectivity index (χ4v) is 20.5. The van der Waals surface area contributed by atoms with E-state index in [0.717, 1.165) is 0 Å². The maximum absolute atomic E-state index is 2.57. The fraction of sp³-hybridized carbons (Fsp3) is 0.0303. The van der Waals surface area contributed by atoms with Gasteiger partial charge in [0.15, 0.2) is 0 Å². The molecule has 0 fully saturated rings. The van der Waals surface area contributed by atoms with Crippen molar-refractivity contribution in [2.75, 3.05) is 0 Å². The smallest absolute Gasteiger partial charge is 0.0726 e. The van der Waals surface area contributed by atoms with Crippen LogP contribution in [0.5, 0.6) is 0 Å². The Labute approximate surface area is 607 Å².